The van der Waals surface area contributed by atoms with E-state index in [-0.39, 0.29) is 24.2 Å². The smallest absolute Gasteiger partial charge is 0.262 e. The first-order valence-corrected chi connectivity index (χ1v) is 12.3. The van der Waals surface area contributed by atoms with Crippen molar-refractivity contribution in [3.63, 3.8) is 0 Å². The average Bonchev–Trinajstić information content (AvgIpc) is 3.45. The lowest BCUT2D eigenvalue weighted by atomic mass is 9.99. The van der Waals surface area contributed by atoms with Gasteiger partial charge in [-0.2, -0.15) is 10.1 Å². The van der Waals surface area contributed by atoms with Crippen molar-refractivity contribution in [2.45, 2.75) is 24.1 Å². The van der Waals surface area contributed by atoms with Crippen molar-refractivity contribution < 1.29 is 18.4 Å². The summed E-state index contributed by atoms with van der Waals surface area (Å²) in [5, 5.41) is 9.35. The van der Waals surface area contributed by atoms with Gasteiger partial charge in [0.2, 0.25) is 5.91 Å². The van der Waals surface area contributed by atoms with Crippen LogP contribution in [0, 0.1) is 11.6 Å². The molecule has 3 aromatic carbocycles. The van der Waals surface area contributed by atoms with E-state index in [0.29, 0.717) is 22.3 Å². The normalized spacial score (nSPS) is 19.3. The number of amidine groups is 1. The van der Waals surface area contributed by atoms with Crippen LogP contribution < -0.4 is 5.32 Å². The number of anilines is 1. The fraction of sp³-hybridized carbons (Fsp3) is 0.154. The number of nitrogens with zero attached hydrogens (tertiary/aromatic N) is 3. The fourth-order valence-electron chi connectivity index (χ4n) is 3.97. The van der Waals surface area contributed by atoms with Crippen LogP contribution in [-0.4, -0.2) is 33.0 Å². The van der Waals surface area contributed by atoms with Crippen LogP contribution in [0.4, 0.5) is 14.5 Å². The van der Waals surface area contributed by atoms with Crippen LogP contribution >= 0.6 is 23.4 Å². The molecule has 2 heterocycles. The largest absolute Gasteiger partial charge is 0.326 e. The summed E-state index contributed by atoms with van der Waals surface area (Å²) in [5.74, 6) is -1.56. The second-order valence-corrected chi connectivity index (χ2v) is 9.87. The zero-order valence-corrected chi connectivity index (χ0v) is 20.3. The number of hydrazone groups is 1. The first kappa shape index (κ1) is 24.1. The highest BCUT2D eigenvalue weighted by Crippen LogP contribution is 2.39. The topological polar surface area (TPSA) is 74.1 Å². The lowest BCUT2D eigenvalue weighted by molar-refractivity contribution is -0.121. The van der Waals surface area contributed by atoms with Crippen LogP contribution in [-0.2, 0) is 9.59 Å². The molecule has 0 saturated carbocycles. The summed E-state index contributed by atoms with van der Waals surface area (Å²) in [6.07, 6.45) is 0.415. The molecule has 1 N–H and O–H groups in total. The molecule has 0 unspecified atom stereocenters. The van der Waals surface area contributed by atoms with Crippen molar-refractivity contribution in [2.75, 3.05) is 5.32 Å². The van der Waals surface area contributed by atoms with Gasteiger partial charge in [0.1, 0.15) is 16.9 Å². The first-order valence-electron chi connectivity index (χ1n) is 11.1. The van der Waals surface area contributed by atoms with E-state index in [0.717, 1.165) is 16.8 Å². The molecule has 5 rings (SSSR count). The molecule has 6 nitrogen and oxygen atoms in total. The number of carbonyl (C=O) groups excluding carboxylic acids is 2. The number of amides is 2. The Morgan fingerprint density at radius 3 is 2.31 bits per heavy atom. The van der Waals surface area contributed by atoms with Gasteiger partial charge in [-0.05, 0) is 59.7 Å². The second kappa shape index (κ2) is 10.2. The standard InChI is InChI=1S/C26H19ClF2N4O2S/c27-17-5-1-16(2-6-17)22-13-21(15-3-7-18(28)8-4-15)32-33(22)26-31-25(35)23(36-26)14-24(34)30-20-11-9-19(29)10-12-20/h1-12,22-23H,13-14H2,(H,30,34)/t22-,23-/m0/s1. The molecule has 2 aliphatic rings. The molecule has 2 aliphatic heterocycles. The van der Waals surface area contributed by atoms with Crippen LogP contribution in [0.15, 0.2) is 82.9 Å². The molecule has 0 aromatic heterocycles. The molecule has 0 bridgehead atoms. The number of halogens is 3. The number of carbonyl (C=O) groups is 2. The molecule has 2 amide bonds. The molecule has 182 valence electrons. The van der Waals surface area contributed by atoms with E-state index in [1.165, 1.54) is 48.2 Å². The first-order chi connectivity index (χ1) is 17.4. The van der Waals surface area contributed by atoms with Crippen LogP contribution in [0.2, 0.25) is 5.02 Å². The molecule has 3 aromatic rings. The van der Waals surface area contributed by atoms with Crippen LogP contribution in [0.25, 0.3) is 0 Å². The van der Waals surface area contributed by atoms with Crippen LogP contribution in [0.1, 0.15) is 30.0 Å². The minimum absolute atomic E-state index is 0.0954. The summed E-state index contributed by atoms with van der Waals surface area (Å²) in [7, 11) is 0. The number of aliphatic imine (C=N–C) groups is 1. The number of hydrogen-bond donors (Lipinski definition) is 1. The maximum Gasteiger partial charge on any atom is 0.262 e. The molecule has 0 aliphatic carbocycles. The number of rotatable bonds is 5. The molecule has 0 saturated heterocycles. The second-order valence-electron chi connectivity index (χ2n) is 8.27. The van der Waals surface area contributed by atoms with E-state index in [4.69, 9.17) is 16.7 Å². The summed E-state index contributed by atoms with van der Waals surface area (Å²) in [6.45, 7) is 0. The molecule has 36 heavy (non-hydrogen) atoms. The Kier molecular flexibility index (Phi) is 6.84. The van der Waals surface area contributed by atoms with Crippen molar-refractivity contribution in [2.24, 2.45) is 10.1 Å². The number of nitrogens with one attached hydrogen (secondary N) is 1. The van der Waals surface area contributed by atoms with Gasteiger partial charge in [-0.1, -0.05) is 47.6 Å². The van der Waals surface area contributed by atoms with Gasteiger partial charge in [0.25, 0.3) is 5.91 Å². The Morgan fingerprint density at radius 1 is 1.00 bits per heavy atom. The van der Waals surface area contributed by atoms with E-state index in [2.05, 4.69) is 10.3 Å². The average molecular weight is 525 g/mol. The van der Waals surface area contributed by atoms with Crippen molar-refractivity contribution in [3.05, 3.63) is 101 Å². The van der Waals surface area contributed by atoms with Gasteiger partial charge >= 0.3 is 0 Å². The fourth-order valence-corrected chi connectivity index (χ4v) is 5.15. The predicted molar refractivity (Wildman–Crippen MR) is 137 cm³/mol. The Labute approximate surface area is 215 Å². The van der Waals surface area contributed by atoms with Crippen molar-refractivity contribution in [1.29, 1.82) is 0 Å². The van der Waals surface area contributed by atoms with Crippen LogP contribution in [0.3, 0.4) is 0 Å². The Balaban J connectivity index is 1.35. The maximum absolute atomic E-state index is 13.4. The molecular formula is C26H19ClF2N4O2S. The van der Waals surface area contributed by atoms with Gasteiger partial charge < -0.3 is 5.32 Å². The van der Waals surface area contributed by atoms with Crippen molar-refractivity contribution >= 4 is 51.7 Å². The predicted octanol–water partition coefficient (Wildman–Crippen LogP) is 5.80. The Morgan fingerprint density at radius 2 is 1.64 bits per heavy atom. The zero-order chi connectivity index (χ0) is 25.2. The lowest BCUT2D eigenvalue weighted by Gasteiger charge is -2.23. The minimum atomic E-state index is -0.712. The quantitative estimate of drug-likeness (QED) is 0.458. The van der Waals surface area contributed by atoms with Gasteiger partial charge in [0.15, 0.2) is 5.17 Å². The molecule has 0 spiro atoms. The molecular weight excluding hydrogens is 506 g/mol. The van der Waals surface area contributed by atoms with Gasteiger partial charge in [-0.3, -0.25) is 9.59 Å². The number of thioether (sulfide) groups is 1. The summed E-state index contributed by atoms with van der Waals surface area (Å²) in [5.41, 5.74) is 2.86. The highest BCUT2D eigenvalue weighted by molar-refractivity contribution is 8.15. The third-order valence-corrected chi connectivity index (χ3v) is 7.16. The maximum atomic E-state index is 13.4. The number of benzene rings is 3. The van der Waals surface area contributed by atoms with Gasteiger partial charge in [0, 0.05) is 23.6 Å². The summed E-state index contributed by atoms with van der Waals surface area (Å²) >= 11 is 7.24. The summed E-state index contributed by atoms with van der Waals surface area (Å²) < 4.78 is 26.6. The summed E-state index contributed by atoms with van der Waals surface area (Å²) in [6, 6.07) is 18.5. The lowest BCUT2D eigenvalue weighted by Crippen LogP contribution is -2.25. The van der Waals surface area contributed by atoms with E-state index >= 15 is 0 Å². The Hall–Kier alpha value is -3.56. The zero-order valence-electron chi connectivity index (χ0n) is 18.7. The third-order valence-electron chi connectivity index (χ3n) is 5.77. The SMILES string of the molecule is O=C(C[C@@H]1SC(N2N=C(c3ccc(F)cc3)C[C@H]2c2ccc(Cl)cc2)=NC1=O)Nc1ccc(F)cc1. The van der Waals surface area contributed by atoms with Gasteiger partial charge in [-0.15, -0.1) is 0 Å². The van der Waals surface area contributed by atoms with E-state index in [9.17, 15) is 18.4 Å². The minimum Gasteiger partial charge on any atom is -0.326 e. The van der Waals surface area contributed by atoms with E-state index < -0.39 is 17.0 Å². The monoisotopic (exact) mass is 524 g/mol. The molecule has 2 atom stereocenters. The van der Waals surface area contributed by atoms with Crippen LogP contribution in [0.5, 0.6) is 0 Å². The molecule has 10 heteroatoms. The van der Waals surface area contributed by atoms with Gasteiger partial charge in [-0.25, -0.2) is 13.8 Å². The van der Waals surface area contributed by atoms with Crippen molar-refractivity contribution in [1.82, 2.24) is 5.01 Å². The highest BCUT2D eigenvalue weighted by atomic mass is 35.5. The number of hydrogen-bond acceptors (Lipinski definition) is 5. The highest BCUT2D eigenvalue weighted by Gasteiger charge is 2.39. The Bertz CT molecular complexity index is 1360. The van der Waals surface area contributed by atoms with E-state index in [1.807, 2.05) is 12.1 Å². The molecule has 0 fully saturated rings. The van der Waals surface area contributed by atoms with E-state index in [1.54, 1.807) is 29.3 Å². The third kappa shape index (κ3) is 5.32. The van der Waals surface area contributed by atoms with Gasteiger partial charge in [0.05, 0.1) is 11.8 Å². The summed E-state index contributed by atoms with van der Waals surface area (Å²) in [4.78, 5) is 29.4. The van der Waals surface area contributed by atoms with Crippen molar-refractivity contribution in [3.8, 4) is 0 Å². The molecule has 0 radical (unpaired) electrons.